The molecule has 2 rings (SSSR count). The number of carboxylic acid groups (broad SMARTS) is 1. The second-order valence-electron chi connectivity index (χ2n) is 3.99. The third-order valence-electron chi connectivity index (χ3n) is 2.75. The van der Waals surface area contributed by atoms with E-state index in [9.17, 15) is 4.79 Å². The van der Waals surface area contributed by atoms with Gasteiger partial charge in [0.25, 0.3) is 0 Å². The van der Waals surface area contributed by atoms with E-state index in [2.05, 4.69) is 5.32 Å². The van der Waals surface area contributed by atoms with Crippen LogP contribution in [0.2, 0.25) is 9.36 Å². The SMILES string of the molecule is Cc1c(C(=S)NC2(C(=O)O)CC2)sc(Cl)c1Cl. The van der Waals surface area contributed by atoms with E-state index < -0.39 is 11.5 Å². The Morgan fingerprint density at radius 3 is 2.47 bits per heavy atom. The molecule has 1 heterocycles. The molecule has 1 aliphatic carbocycles. The highest BCUT2D eigenvalue weighted by atomic mass is 35.5. The smallest absolute Gasteiger partial charge is 0.329 e. The maximum atomic E-state index is 11.0. The van der Waals surface area contributed by atoms with Crippen LogP contribution in [0.1, 0.15) is 23.3 Å². The molecule has 0 atom stereocenters. The summed E-state index contributed by atoms with van der Waals surface area (Å²) in [5.74, 6) is -0.869. The normalized spacial score (nSPS) is 16.6. The molecule has 1 aromatic heterocycles. The van der Waals surface area contributed by atoms with Gasteiger partial charge in [0.15, 0.2) is 0 Å². The van der Waals surface area contributed by atoms with E-state index in [1.165, 1.54) is 11.3 Å². The standard InChI is InChI=1S/C10H9Cl2NO2S2/c1-4-5(11)7(12)17-6(4)8(16)13-10(2-3-10)9(14)15/h2-3H2,1H3,(H,13,16)(H,14,15). The first-order valence-corrected chi connectivity index (χ1v) is 6.86. The van der Waals surface area contributed by atoms with E-state index in [0.29, 0.717) is 27.2 Å². The molecule has 0 aliphatic heterocycles. The highest BCUT2D eigenvalue weighted by Crippen LogP contribution is 2.39. The Kier molecular flexibility index (Phi) is 3.38. The Labute approximate surface area is 118 Å². The van der Waals surface area contributed by atoms with E-state index >= 15 is 0 Å². The zero-order valence-electron chi connectivity index (χ0n) is 8.84. The van der Waals surface area contributed by atoms with Crippen molar-refractivity contribution in [1.82, 2.24) is 5.32 Å². The first-order valence-electron chi connectivity index (χ1n) is 4.88. The molecule has 0 aromatic carbocycles. The van der Waals surface area contributed by atoms with Crippen molar-refractivity contribution in [3.05, 3.63) is 19.8 Å². The molecule has 3 nitrogen and oxygen atoms in total. The zero-order valence-corrected chi connectivity index (χ0v) is 12.0. The van der Waals surface area contributed by atoms with Gasteiger partial charge in [-0.2, -0.15) is 0 Å². The lowest BCUT2D eigenvalue weighted by atomic mass is 10.2. The van der Waals surface area contributed by atoms with Gasteiger partial charge in [0.05, 0.1) is 9.90 Å². The fourth-order valence-electron chi connectivity index (χ4n) is 1.47. The monoisotopic (exact) mass is 309 g/mol. The number of carbonyl (C=O) groups is 1. The van der Waals surface area contributed by atoms with Crippen molar-refractivity contribution in [2.75, 3.05) is 0 Å². The summed E-state index contributed by atoms with van der Waals surface area (Å²) in [6.45, 7) is 1.81. The first-order chi connectivity index (χ1) is 7.87. The molecule has 0 radical (unpaired) electrons. The molecule has 2 N–H and O–H groups in total. The van der Waals surface area contributed by atoms with Crippen LogP contribution in [0.3, 0.4) is 0 Å². The van der Waals surface area contributed by atoms with Crippen LogP contribution in [0, 0.1) is 6.92 Å². The molecule has 0 bridgehead atoms. The Morgan fingerprint density at radius 2 is 2.12 bits per heavy atom. The summed E-state index contributed by atoms with van der Waals surface area (Å²) in [5, 5.41) is 12.4. The summed E-state index contributed by atoms with van der Waals surface area (Å²) in [5.41, 5.74) is -0.0905. The topological polar surface area (TPSA) is 49.3 Å². The average molecular weight is 310 g/mol. The van der Waals surface area contributed by atoms with Crippen molar-refractivity contribution < 1.29 is 9.90 Å². The van der Waals surface area contributed by atoms with Gasteiger partial charge in [-0.05, 0) is 25.3 Å². The summed E-state index contributed by atoms with van der Waals surface area (Å²) in [6.07, 6.45) is 1.18. The van der Waals surface area contributed by atoms with Gasteiger partial charge in [0, 0.05) is 0 Å². The molecule has 92 valence electrons. The summed E-state index contributed by atoms with van der Waals surface area (Å²) in [7, 11) is 0. The van der Waals surface area contributed by atoms with Crippen LogP contribution in [0.15, 0.2) is 0 Å². The molecule has 0 amide bonds. The van der Waals surface area contributed by atoms with Gasteiger partial charge in [0.1, 0.15) is 14.9 Å². The number of rotatable bonds is 3. The average Bonchev–Trinajstić information content (AvgIpc) is 2.99. The van der Waals surface area contributed by atoms with E-state index in [4.69, 9.17) is 40.5 Å². The Morgan fingerprint density at radius 1 is 1.53 bits per heavy atom. The fraction of sp³-hybridized carbons (Fsp3) is 0.400. The number of thiophene rings is 1. The van der Waals surface area contributed by atoms with Crippen LogP contribution in [-0.2, 0) is 4.79 Å². The predicted octanol–water partition coefficient (Wildman–Crippen LogP) is 3.25. The minimum atomic E-state index is -0.882. The molecule has 0 spiro atoms. The molecule has 7 heteroatoms. The van der Waals surface area contributed by atoms with Gasteiger partial charge in [0.2, 0.25) is 0 Å². The molecule has 1 aromatic rings. The molecular formula is C10H9Cl2NO2S2. The molecule has 0 saturated heterocycles. The number of thiocarbonyl (C=S) groups is 1. The van der Waals surface area contributed by atoms with Crippen LogP contribution in [0.5, 0.6) is 0 Å². The summed E-state index contributed by atoms with van der Waals surface area (Å²) in [4.78, 5) is 12.2. The van der Waals surface area contributed by atoms with E-state index in [-0.39, 0.29) is 0 Å². The molecule has 1 saturated carbocycles. The maximum absolute atomic E-state index is 11.0. The van der Waals surface area contributed by atoms with E-state index in [1.54, 1.807) is 0 Å². The van der Waals surface area contributed by atoms with E-state index in [0.717, 1.165) is 10.4 Å². The van der Waals surface area contributed by atoms with Crippen LogP contribution in [0.25, 0.3) is 0 Å². The van der Waals surface area contributed by atoms with Crippen LogP contribution in [0.4, 0.5) is 0 Å². The highest BCUT2D eigenvalue weighted by molar-refractivity contribution is 7.81. The van der Waals surface area contributed by atoms with Crippen molar-refractivity contribution in [3.63, 3.8) is 0 Å². The van der Waals surface area contributed by atoms with Crippen LogP contribution < -0.4 is 5.32 Å². The molecular weight excluding hydrogens is 301 g/mol. The zero-order chi connectivity index (χ0) is 12.8. The third-order valence-corrected chi connectivity index (χ3v) is 5.39. The fourth-order valence-corrected chi connectivity index (χ4v) is 3.40. The minimum absolute atomic E-state index is 0.404. The van der Waals surface area contributed by atoms with Gasteiger partial charge in [-0.15, -0.1) is 11.3 Å². The minimum Gasteiger partial charge on any atom is -0.480 e. The Bertz CT molecular complexity index is 509. The summed E-state index contributed by atoms with van der Waals surface area (Å²) < 4.78 is 0.475. The third kappa shape index (κ3) is 2.29. The maximum Gasteiger partial charge on any atom is 0.329 e. The summed E-state index contributed by atoms with van der Waals surface area (Å²) in [6, 6.07) is 0. The Hall–Kier alpha value is -0.360. The largest absolute Gasteiger partial charge is 0.480 e. The Balaban J connectivity index is 2.21. The van der Waals surface area contributed by atoms with E-state index in [1.807, 2.05) is 6.92 Å². The molecule has 17 heavy (non-hydrogen) atoms. The summed E-state index contributed by atoms with van der Waals surface area (Å²) >= 11 is 18.4. The predicted molar refractivity (Wildman–Crippen MR) is 73.5 cm³/mol. The molecule has 1 aliphatic rings. The number of aliphatic carboxylic acids is 1. The lowest BCUT2D eigenvalue weighted by Gasteiger charge is -2.14. The second kappa shape index (κ2) is 4.39. The number of nitrogens with one attached hydrogen (secondary N) is 1. The quantitative estimate of drug-likeness (QED) is 0.842. The lowest BCUT2D eigenvalue weighted by molar-refractivity contribution is -0.140. The van der Waals surface area contributed by atoms with Gasteiger partial charge in [-0.1, -0.05) is 35.4 Å². The van der Waals surface area contributed by atoms with Gasteiger partial charge in [-0.3, -0.25) is 0 Å². The van der Waals surface area contributed by atoms with Crippen LogP contribution >= 0.6 is 46.8 Å². The van der Waals surface area contributed by atoms with Crippen molar-refractivity contribution >= 4 is 57.7 Å². The number of carboxylic acids is 1. The lowest BCUT2D eigenvalue weighted by Crippen LogP contribution is -2.42. The first kappa shape index (κ1) is 13.1. The second-order valence-corrected chi connectivity index (χ2v) is 6.39. The number of hydrogen-bond acceptors (Lipinski definition) is 3. The van der Waals surface area contributed by atoms with Gasteiger partial charge < -0.3 is 10.4 Å². The van der Waals surface area contributed by atoms with Crippen molar-refractivity contribution in [2.24, 2.45) is 0 Å². The highest BCUT2D eigenvalue weighted by Gasteiger charge is 2.51. The van der Waals surface area contributed by atoms with Crippen molar-refractivity contribution in [1.29, 1.82) is 0 Å². The molecule has 0 unspecified atom stereocenters. The van der Waals surface area contributed by atoms with Crippen LogP contribution in [-0.4, -0.2) is 21.6 Å². The van der Waals surface area contributed by atoms with Gasteiger partial charge >= 0.3 is 5.97 Å². The number of halogens is 2. The molecule has 1 fully saturated rings. The van der Waals surface area contributed by atoms with Crippen molar-refractivity contribution in [3.8, 4) is 0 Å². The van der Waals surface area contributed by atoms with Crippen molar-refractivity contribution in [2.45, 2.75) is 25.3 Å². The number of hydrogen-bond donors (Lipinski definition) is 2. The van der Waals surface area contributed by atoms with Gasteiger partial charge in [-0.25, -0.2) is 4.79 Å².